The Bertz CT molecular complexity index is 942. The van der Waals surface area contributed by atoms with Crippen molar-refractivity contribution >= 4 is 33.6 Å². The van der Waals surface area contributed by atoms with Crippen LogP contribution in [-0.4, -0.2) is 36.1 Å². The fraction of sp³-hybridized carbons (Fsp3) is 0.350. The minimum Gasteiger partial charge on any atom is -0.494 e. The predicted molar refractivity (Wildman–Crippen MR) is 106 cm³/mol. The van der Waals surface area contributed by atoms with Crippen LogP contribution in [-0.2, 0) is 4.74 Å². The molecule has 0 radical (unpaired) electrons. The monoisotopic (exact) mass is 450 g/mol. The van der Waals surface area contributed by atoms with E-state index in [-0.39, 0.29) is 17.9 Å². The zero-order valence-corrected chi connectivity index (χ0v) is 17.5. The number of anilines is 1. The molecule has 1 aromatic heterocycles. The molecular formula is C20H20BrFN2O4. The first kappa shape index (κ1) is 20.3. The molecule has 0 saturated heterocycles. The molecule has 1 aliphatic rings. The van der Waals surface area contributed by atoms with Crippen molar-refractivity contribution in [1.82, 2.24) is 4.98 Å². The summed E-state index contributed by atoms with van der Waals surface area (Å²) >= 11 is 3.34. The number of ether oxygens (including phenoxy) is 2. The summed E-state index contributed by atoms with van der Waals surface area (Å²) in [7, 11) is 1.34. The Balaban J connectivity index is 2.00. The number of benzene rings is 1. The number of ketones is 1. The van der Waals surface area contributed by atoms with E-state index < -0.39 is 29.2 Å². The maximum absolute atomic E-state index is 14.6. The number of nitrogens with zero attached hydrogens (tertiary/aromatic N) is 2. The van der Waals surface area contributed by atoms with Gasteiger partial charge in [0.2, 0.25) is 0 Å². The first-order valence-corrected chi connectivity index (χ1v) is 9.44. The molecule has 1 aliphatic heterocycles. The van der Waals surface area contributed by atoms with Crippen molar-refractivity contribution in [2.45, 2.75) is 32.3 Å². The number of fused-ring (bicyclic) bond motifs is 1. The van der Waals surface area contributed by atoms with Gasteiger partial charge < -0.3 is 9.47 Å². The van der Waals surface area contributed by atoms with Gasteiger partial charge in [-0.1, -0.05) is 6.07 Å². The number of carbonyl (C=O) groups excluding carboxylic acids is 2. The second kappa shape index (κ2) is 7.50. The number of pyridine rings is 1. The normalized spacial score (nSPS) is 15.9. The lowest BCUT2D eigenvalue weighted by Gasteiger charge is -2.24. The smallest absolute Gasteiger partial charge is 0.416 e. The van der Waals surface area contributed by atoms with Gasteiger partial charge in [-0.3, -0.25) is 9.69 Å². The van der Waals surface area contributed by atoms with E-state index in [0.717, 1.165) is 0 Å². The van der Waals surface area contributed by atoms with Crippen LogP contribution in [0.15, 0.2) is 34.9 Å². The maximum Gasteiger partial charge on any atom is 0.416 e. The molecule has 3 rings (SSSR count). The summed E-state index contributed by atoms with van der Waals surface area (Å²) in [6.07, 6.45) is 0.930. The maximum atomic E-state index is 14.6. The highest BCUT2D eigenvalue weighted by molar-refractivity contribution is 9.10. The average Bonchev–Trinajstić information content (AvgIpc) is 2.98. The van der Waals surface area contributed by atoms with Gasteiger partial charge in [0.25, 0.3) is 0 Å². The Kier molecular flexibility index (Phi) is 5.43. The summed E-state index contributed by atoms with van der Waals surface area (Å²) in [5.74, 6) is -1.63. The van der Waals surface area contributed by atoms with Gasteiger partial charge in [-0.2, -0.15) is 0 Å². The molecule has 2 aromatic rings. The van der Waals surface area contributed by atoms with Gasteiger partial charge >= 0.3 is 6.09 Å². The van der Waals surface area contributed by atoms with Gasteiger partial charge in [0, 0.05) is 22.8 Å². The van der Waals surface area contributed by atoms with Crippen LogP contribution in [0.2, 0.25) is 0 Å². The summed E-state index contributed by atoms with van der Waals surface area (Å²) in [6.45, 7) is 5.28. The molecule has 2 heterocycles. The van der Waals surface area contributed by atoms with Crippen LogP contribution in [0.3, 0.4) is 0 Å². The lowest BCUT2D eigenvalue weighted by atomic mass is 9.93. The van der Waals surface area contributed by atoms with E-state index in [0.29, 0.717) is 15.9 Å². The minimum atomic E-state index is -0.769. The highest BCUT2D eigenvalue weighted by atomic mass is 79.9. The lowest BCUT2D eigenvalue weighted by Crippen LogP contribution is -2.37. The molecule has 0 bridgehead atoms. The molecule has 0 aliphatic carbocycles. The van der Waals surface area contributed by atoms with Gasteiger partial charge in [0.15, 0.2) is 17.3 Å². The number of rotatable bonds is 3. The quantitative estimate of drug-likeness (QED) is 0.633. The van der Waals surface area contributed by atoms with Crippen molar-refractivity contribution in [2.75, 3.05) is 18.6 Å². The number of halogens is 2. The molecule has 8 heteroatoms. The van der Waals surface area contributed by atoms with Crippen molar-refractivity contribution in [1.29, 1.82) is 0 Å². The van der Waals surface area contributed by atoms with E-state index in [2.05, 4.69) is 20.9 Å². The van der Waals surface area contributed by atoms with Crippen LogP contribution in [0.1, 0.15) is 42.6 Å². The Labute approximate surface area is 170 Å². The zero-order valence-electron chi connectivity index (χ0n) is 16.0. The minimum absolute atomic E-state index is 0.0135. The predicted octanol–water partition coefficient (Wildman–Crippen LogP) is 4.71. The van der Waals surface area contributed by atoms with Crippen molar-refractivity contribution in [3.8, 4) is 5.75 Å². The number of Topliss-reactive ketones (excluding diaryl/α,β-unsaturated/α-hetero) is 1. The molecule has 6 nitrogen and oxygen atoms in total. The Morgan fingerprint density at radius 3 is 2.68 bits per heavy atom. The third kappa shape index (κ3) is 3.87. The molecule has 1 atom stereocenters. The standard InChI is InChI=1S/C20H20BrFN2O4/c1-20(2,3)28-19(26)24-10-14(13-8-11(21)9-23-18(13)24)17(25)12-6-5-7-15(27-4)16(12)22/h5-9,14H,10H2,1-4H3. The van der Waals surface area contributed by atoms with Crippen molar-refractivity contribution in [3.63, 3.8) is 0 Å². The molecule has 0 fully saturated rings. The topological polar surface area (TPSA) is 68.7 Å². The number of methoxy groups -OCH3 is 1. The largest absolute Gasteiger partial charge is 0.494 e. The molecule has 1 amide bonds. The Morgan fingerprint density at radius 2 is 2.04 bits per heavy atom. The van der Waals surface area contributed by atoms with E-state index >= 15 is 0 Å². The average molecular weight is 451 g/mol. The lowest BCUT2D eigenvalue weighted by molar-refractivity contribution is 0.0581. The number of carbonyl (C=O) groups is 2. The van der Waals surface area contributed by atoms with E-state index in [1.54, 1.807) is 32.9 Å². The third-order valence-electron chi connectivity index (χ3n) is 4.24. The number of amides is 1. The SMILES string of the molecule is COc1cccc(C(=O)C2CN(C(=O)OC(C)(C)C)c3ncc(Br)cc32)c1F. The van der Waals surface area contributed by atoms with E-state index in [1.165, 1.54) is 30.3 Å². The summed E-state index contributed by atoms with van der Waals surface area (Å²) in [4.78, 5) is 31.4. The van der Waals surface area contributed by atoms with Crippen LogP contribution in [0.4, 0.5) is 15.0 Å². The zero-order chi connectivity index (χ0) is 20.6. The summed E-state index contributed by atoms with van der Waals surface area (Å²) < 4.78 is 25.7. The van der Waals surface area contributed by atoms with Gasteiger partial charge in [-0.15, -0.1) is 0 Å². The molecule has 28 heavy (non-hydrogen) atoms. The van der Waals surface area contributed by atoms with Crippen LogP contribution in [0.5, 0.6) is 5.75 Å². The number of hydrogen-bond donors (Lipinski definition) is 0. The summed E-state index contributed by atoms with van der Waals surface area (Å²) in [5.41, 5.74) is -0.262. The van der Waals surface area contributed by atoms with Crippen molar-refractivity contribution in [2.24, 2.45) is 0 Å². The summed E-state index contributed by atoms with van der Waals surface area (Å²) in [6, 6.07) is 6.12. The van der Waals surface area contributed by atoms with E-state index in [1.807, 2.05) is 0 Å². The highest BCUT2D eigenvalue weighted by Crippen LogP contribution is 2.39. The first-order valence-electron chi connectivity index (χ1n) is 8.65. The van der Waals surface area contributed by atoms with E-state index in [9.17, 15) is 14.0 Å². The van der Waals surface area contributed by atoms with E-state index in [4.69, 9.17) is 9.47 Å². The first-order chi connectivity index (χ1) is 13.1. The molecule has 1 unspecified atom stereocenters. The fourth-order valence-corrected chi connectivity index (χ4v) is 3.39. The third-order valence-corrected chi connectivity index (χ3v) is 4.67. The Morgan fingerprint density at radius 1 is 1.32 bits per heavy atom. The highest BCUT2D eigenvalue weighted by Gasteiger charge is 2.40. The van der Waals surface area contributed by atoms with Crippen LogP contribution in [0.25, 0.3) is 0 Å². The number of aromatic nitrogens is 1. The molecule has 148 valence electrons. The Hall–Kier alpha value is -2.48. The second-order valence-corrected chi connectivity index (χ2v) is 8.31. The van der Waals surface area contributed by atoms with Crippen molar-refractivity contribution < 1.29 is 23.5 Å². The molecule has 1 aromatic carbocycles. The van der Waals surface area contributed by atoms with Crippen LogP contribution >= 0.6 is 15.9 Å². The molecular weight excluding hydrogens is 431 g/mol. The van der Waals surface area contributed by atoms with Crippen molar-refractivity contribution in [3.05, 3.63) is 51.9 Å². The second-order valence-electron chi connectivity index (χ2n) is 7.40. The van der Waals surface area contributed by atoms with Gasteiger partial charge in [-0.25, -0.2) is 14.2 Å². The van der Waals surface area contributed by atoms with Gasteiger partial charge in [0.1, 0.15) is 11.4 Å². The molecule has 0 N–H and O–H groups in total. The number of hydrogen-bond acceptors (Lipinski definition) is 5. The van der Waals surface area contributed by atoms with Crippen LogP contribution < -0.4 is 9.64 Å². The molecule has 0 saturated carbocycles. The summed E-state index contributed by atoms with van der Waals surface area (Å²) in [5, 5.41) is 0. The van der Waals surface area contributed by atoms with Gasteiger partial charge in [-0.05, 0) is 54.9 Å². The van der Waals surface area contributed by atoms with Gasteiger partial charge in [0.05, 0.1) is 18.6 Å². The molecule has 0 spiro atoms. The fourth-order valence-electron chi connectivity index (χ4n) is 3.05. The van der Waals surface area contributed by atoms with Crippen LogP contribution in [0, 0.1) is 5.82 Å².